The minimum Gasteiger partial charge on any atom is -0.423 e. The van der Waals surface area contributed by atoms with Gasteiger partial charge in [0.05, 0.1) is 0 Å². The molecule has 0 atom stereocenters. The van der Waals surface area contributed by atoms with Crippen molar-refractivity contribution >= 4 is 163 Å². The van der Waals surface area contributed by atoms with Crippen LogP contribution in [-0.2, 0) is 0 Å². The van der Waals surface area contributed by atoms with Crippen molar-refractivity contribution in [2.24, 2.45) is 0 Å². The van der Waals surface area contributed by atoms with E-state index >= 15 is 0 Å². The molecule has 97 heavy (non-hydrogen) atoms. The standard InChI is InChI=1S/C58H36.C24H17BO2.C10H6Br2/c1-3-19-43-37(15-1)17-13-29-45(43)57-51-25-9-5-21-47(51)55(48-22-6-10-26-52(48)57)41-33-31-40-36-42(34-32-39(40)35-41)56-49-23-7-11-27-53(49)58(54-28-12-8-24-50(54)56)46-30-14-18-38-16-2-4-20-44(38)46;26-25(27)24-21-13-5-3-11-19(21)23(20-12-4-6-14-22(20)24)18-15-7-9-16-8-1-2-10-17(16)18;11-9-3-1-7-5-10(12)4-2-8(7)6-9/h1-36H;1-15,26-27H;1-6H. The van der Waals surface area contributed by atoms with Gasteiger partial charge in [-0.25, -0.2) is 0 Å². The molecular formula is C92H59BBr2O2. The molecule has 0 saturated carbocycles. The molecule has 19 aromatic rings. The van der Waals surface area contributed by atoms with Crippen LogP contribution in [0.25, 0.3) is 174 Å². The normalized spacial score (nSPS) is 11.5. The zero-order chi connectivity index (χ0) is 65.1. The summed E-state index contributed by atoms with van der Waals surface area (Å²) in [5, 5.41) is 46.6. The zero-order valence-corrected chi connectivity index (χ0v) is 55.8. The molecule has 0 spiro atoms. The second-order valence-corrected chi connectivity index (χ2v) is 26.8. The zero-order valence-electron chi connectivity index (χ0n) is 52.6. The van der Waals surface area contributed by atoms with Gasteiger partial charge in [-0.05, 0) is 216 Å². The van der Waals surface area contributed by atoms with Crippen LogP contribution < -0.4 is 5.46 Å². The summed E-state index contributed by atoms with van der Waals surface area (Å²) in [6, 6.07) is 124. The molecule has 0 aliphatic heterocycles. The molecule has 0 radical (unpaired) electrons. The summed E-state index contributed by atoms with van der Waals surface area (Å²) in [5.41, 5.74) is 13.0. The number of halogens is 2. The van der Waals surface area contributed by atoms with Crippen molar-refractivity contribution in [3.63, 3.8) is 0 Å². The fraction of sp³-hybridized carbons (Fsp3) is 0. The van der Waals surface area contributed by atoms with E-state index in [1.807, 2.05) is 42.5 Å². The van der Waals surface area contributed by atoms with Gasteiger partial charge in [-0.2, -0.15) is 0 Å². The first kappa shape index (κ1) is 59.7. The maximum atomic E-state index is 10.1. The fourth-order valence-electron chi connectivity index (χ4n) is 15.3. The molecule has 0 aliphatic carbocycles. The Morgan fingerprint density at radius 2 is 0.412 bits per heavy atom. The molecule has 0 aromatic heterocycles. The van der Waals surface area contributed by atoms with Crippen molar-refractivity contribution in [3.8, 4) is 55.6 Å². The van der Waals surface area contributed by atoms with Crippen LogP contribution in [-0.4, -0.2) is 17.2 Å². The van der Waals surface area contributed by atoms with E-state index in [9.17, 15) is 10.0 Å². The number of hydrogen-bond donors (Lipinski definition) is 2. The highest BCUT2D eigenvalue weighted by molar-refractivity contribution is 9.10. The summed E-state index contributed by atoms with van der Waals surface area (Å²) >= 11 is 6.88. The molecule has 19 aromatic carbocycles. The molecule has 5 heteroatoms. The third-order valence-electron chi connectivity index (χ3n) is 19.5. The second-order valence-electron chi connectivity index (χ2n) is 24.9. The average Bonchev–Trinajstić information content (AvgIpc) is 0.744. The summed E-state index contributed by atoms with van der Waals surface area (Å²) in [7, 11) is -1.53. The summed E-state index contributed by atoms with van der Waals surface area (Å²) in [4.78, 5) is 0. The summed E-state index contributed by atoms with van der Waals surface area (Å²) in [6.07, 6.45) is 0. The Labute approximate surface area is 579 Å². The number of rotatable bonds is 6. The minimum atomic E-state index is -1.53. The van der Waals surface area contributed by atoms with Crippen molar-refractivity contribution in [2.75, 3.05) is 0 Å². The van der Waals surface area contributed by atoms with E-state index in [0.29, 0.717) is 5.46 Å². The molecule has 0 heterocycles. The van der Waals surface area contributed by atoms with E-state index in [4.69, 9.17) is 0 Å². The molecule has 2 nitrogen and oxygen atoms in total. The van der Waals surface area contributed by atoms with Crippen molar-refractivity contribution < 1.29 is 10.0 Å². The Kier molecular flexibility index (Phi) is 15.6. The predicted molar refractivity (Wildman–Crippen MR) is 424 cm³/mol. The first-order valence-corrected chi connectivity index (χ1v) is 34.4. The molecule has 0 amide bonds. The number of hydrogen-bond acceptors (Lipinski definition) is 2. The van der Waals surface area contributed by atoms with Gasteiger partial charge < -0.3 is 10.0 Å². The lowest BCUT2D eigenvalue weighted by atomic mass is 9.72. The van der Waals surface area contributed by atoms with Crippen molar-refractivity contribution in [2.45, 2.75) is 0 Å². The molecule has 2 N–H and O–H groups in total. The van der Waals surface area contributed by atoms with Gasteiger partial charge in [0, 0.05) is 8.95 Å². The lowest BCUT2D eigenvalue weighted by molar-refractivity contribution is 0.426. The van der Waals surface area contributed by atoms with E-state index in [2.05, 4.69) is 335 Å². The van der Waals surface area contributed by atoms with E-state index in [0.717, 1.165) is 41.6 Å². The first-order valence-electron chi connectivity index (χ1n) is 32.8. The van der Waals surface area contributed by atoms with Gasteiger partial charge in [-0.15, -0.1) is 0 Å². The maximum Gasteiger partial charge on any atom is 0.489 e. The van der Waals surface area contributed by atoms with Crippen LogP contribution in [0.4, 0.5) is 0 Å². The van der Waals surface area contributed by atoms with E-state index in [-0.39, 0.29) is 0 Å². The second kappa shape index (κ2) is 25.3. The van der Waals surface area contributed by atoms with E-state index < -0.39 is 7.12 Å². The van der Waals surface area contributed by atoms with Crippen LogP contribution in [0.3, 0.4) is 0 Å². The highest BCUT2D eigenvalue weighted by Gasteiger charge is 2.24. The van der Waals surface area contributed by atoms with Crippen molar-refractivity contribution in [3.05, 3.63) is 355 Å². The van der Waals surface area contributed by atoms with E-state index in [1.54, 1.807) is 0 Å². The van der Waals surface area contributed by atoms with Gasteiger partial charge in [0.15, 0.2) is 0 Å². The lowest BCUT2D eigenvalue weighted by Crippen LogP contribution is -2.31. The van der Waals surface area contributed by atoms with Crippen LogP contribution in [0.1, 0.15) is 0 Å². The Balaban J connectivity index is 0.000000148. The number of fused-ring (bicyclic) bond motifs is 11. The van der Waals surface area contributed by atoms with Gasteiger partial charge in [0.25, 0.3) is 0 Å². The van der Waals surface area contributed by atoms with Gasteiger partial charge >= 0.3 is 7.12 Å². The topological polar surface area (TPSA) is 40.5 Å². The smallest absolute Gasteiger partial charge is 0.423 e. The van der Waals surface area contributed by atoms with Crippen molar-refractivity contribution in [1.82, 2.24) is 0 Å². The van der Waals surface area contributed by atoms with Gasteiger partial charge in [-0.3, -0.25) is 0 Å². The summed E-state index contributed by atoms with van der Waals surface area (Å²) in [6.45, 7) is 0. The van der Waals surface area contributed by atoms with Crippen LogP contribution in [0.2, 0.25) is 0 Å². The number of benzene rings is 19. The van der Waals surface area contributed by atoms with Gasteiger partial charge in [-0.1, -0.05) is 341 Å². The Hall–Kier alpha value is -11.0. The molecule has 0 saturated heterocycles. The van der Waals surface area contributed by atoms with Gasteiger partial charge in [0.1, 0.15) is 0 Å². The Bertz CT molecular complexity index is 5880. The fourth-order valence-corrected chi connectivity index (χ4v) is 16.0. The summed E-state index contributed by atoms with van der Waals surface area (Å²) < 4.78 is 2.25. The van der Waals surface area contributed by atoms with Crippen LogP contribution in [0.15, 0.2) is 355 Å². The highest BCUT2D eigenvalue weighted by atomic mass is 79.9. The third-order valence-corrected chi connectivity index (χ3v) is 20.4. The Morgan fingerprint density at radius 1 is 0.186 bits per heavy atom. The predicted octanol–water partition coefficient (Wildman–Crippen LogP) is 25.3. The molecular weight excluding hydrogens is 1310 g/mol. The minimum absolute atomic E-state index is 0.560. The van der Waals surface area contributed by atoms with Crippen LogP contribution >= 0.6 is 31.9 Å². The van der Waals surface area contributed by atoms with Crippen LogP contribution in [0, 0.1) is 0 Å². The monoisotopic (exact) mass is 1360 g/mol. The quantitative estimate of drug-likeness (QED) is 0.129. The SMILES string of the molecule is Brc1ccc2cc(Br)ccc2c1.OB(O)c1c2ccccc2c(-c2cccc3ccccc23)c2ccccc12.c1ccc2c(-c3c4ccccc4c(-c4ccc5cc(-c6c7ccccc7c(-c7cccc8ccccc78)c7ccccc67)ccc5c4)c4ccccc34)cccc2c1. The van der Waals surface area contributed by atoms with Crippen molar-refractivity contribution in [1.29, 1.82) is 0 Å². The highest BCUT2D eigenvalue weighted by Crippen LogP contribution is 2.49. The van der Waals surface area contributed by atoms with E-state index in [1.165, 1.54) is 141 Å². The summed E-state index contributed by atoms with van der Waals surface area (Å²) in [5.74, 6) is 0. The molecule has 0 bridgehead atoms. The largest absolute Gasteiger partial charge is 0.489 e. The lowest BCUT2D eigenvalue weighted by Gasteiger charge is -2.20. The van der Waals surface area contributed by atoms with Gasteiger partial charge in [0.2, 0.25) is 0 Å². The third kappa shape index (κ3) is 10.7. The maximum absolute atomic E-state index is 10.1. The Morgan fingerprint density at radius 3 is 0.711 bits per heavy atom. The molecule has 0 aliphatic rings. The average molecular weight is 1370 g/mol. The molecule has 456 valence electrons. The first-order chi connectivity index (χ1) is 47.8. The van der Waals surface area contributed by atoms with Crippen LogP contribution in [0.5, 0.6) is 0 Å². The molecule has 0 fully saturated rings. The molecule has 0 unspecified atom stereocenters. The molecule has 19 rings (SSSR count).